The normalized spacial score (nSPS) is 11.3. The summed E-state index contributed by atoms with van der Waals surface area (Å²) in [5, 5.41) is 2.72. The van der Waals surface area contributed by atoms with Crippen molar-refractivity contribution in [2.24, 2.45) is 0 Å². The van der Waals surface area contributed by atoms with Gasteiger partial charge in [-0.15, -0.1) is 11.3 Å². The van der Waals surface area contributed by atoms with Crippen LogP contribution in [0.15, 0.2) is 91.0 Å². The average molecular weight is 350 g/mol. The molecule has 0 radical (unpaired) electrons. The van der Waals surface area contributed by atoms with Gasteiger partial charge in [-0.2, -0.15) is 0 Å². The van der Waals surface area contributed by atoms with Crippen LogP contribution in [0.3, 0.4) is 0 Å². The molecule has 0 N–H and O–H groups in total. The van der Waals surface area contributed by atoms with Crippen molar-refractivity contribution in [2.75, 3.05) is 0 Å². The summed E-state index contributed by atoms with van der Waals surface area (Å²) in [5.41, 5.74) is 6.46. The van der Waals surface area contributed by atoms with E-state index < -0.39 is 0 Å². The molecule has 0 aliphatic carbocycles. The van der Waals surface area contributed by atoms with E-state index >= 15 is 0 Å². The van der Waals surface area contributed by atoms with Crippen LogP contribution in [0.4, 0.5) is 0 Å². The van der Waals surface area contributed by atoms with Crippen LogP contribution in [0, 0.1) is 6.92 Å². The molecular weight excluding hydrogens is 332 g/mol. The van der Waals surface area contributed by atoms with Crippen molar-refractivity contribution in [2.45, 2.75) is 6.92 Å². The van der Waals surface area contributed by atoms with E-state index in [1.165, 1.54) is 48.0 Å². The Kier molecular flexibility index (Phi) is 3.62. The van der Waals surface area contributed by atoms with Gasteiger partial charge in [0.15, 0.2) is 0 Å². The number of thiophene rings is 1. The smallest absolute Gasteiger partial charge is 0.0385 e. The molecule has 0 aliphatic rings. The summed E-state index contributed by atoms with van der Waals surface area (Å²) in [6.45, 7) is 2.22. The largest absolute Gasteiger partial charge is 0.135 e. The number of rotatable bonds is 2. The molecule has 0 amide bonds. The molecule has 0 spiro atoms. The zero-order valence-electron chi connectivity index (χ0n) is 14.6. The van der Waals surface area contributed by atoms with Crippen LogP contribution in [0.1, 0.15) is 5.56 Å². The summed E-state index contributed by atoms with van der Waals surface area (Å²) in [6, 6.07) is 32.8. The Morgan fingerprint density at radius 1 is 0.538 bits per heavy atom. The molecule has 0 fully saturated rings. The van der Waals surface area contributed by atoms with Crippen LogP contribution in [0.25, 0.3) is 42.4 Å². The van der Waals surface area contributed by atoms with Gasteiger partial charge < -0.3 is 0 Å². The molecule has 1 aromatic heterocycles. The summed E-state index contributed by atoms with van der Waals surface area (Å²) in [5.74, 6) is 0. The van der Waals surface area contributed by atoms with Gasteiger partial charge >= 0.3 is 0 Å². The molecule has 5 rings (SSSR count). The molecule has 1 heterocycles. The minimum atomic E-state index is 1.27. The molecule has 0 aliphatic heterocycles. The van der Waals surface area contributed by atoms with Crippen molar-refractivity contribution < 1.29 is 0 Å². The second-order valence-electron chi connectivity index (χ2n) is 6.71. The standard InChI is InChI=1S/C25H18S/c1-17-14-21(19-10-6-3-7-11-19)16-23-22-15-20(18-8-4-2-5-9-18)12-13-24(22)26-25(17)23/h2-16H,1H3. The summed E-state index contributed by atoms with van der Waals surface area (Å²) in [6.07, 6.45) is 0. The lowest BCUT2D eigenvalue weighted by atomic mass is 9.98. The maximum Gasteiger partial charge on any atom is 0.0385 e. The highest BCUT2D eigenvalue weighted by molar-refractivity contribution is 7.26. The minimum Gasteiger partial charge on any atom is -0.135 e. The molecule has 124 valence electrons. The highest BCUT2D eigenvalue weighted by Crippen LogP contribution is 2.40. The Bertz CT molecular complexity index is 1210. The first-order chi connectivity index (χ1) is 12.8. The Morgan fingerprint density at radius 3 is 1.85 bits per heavy atom. The molecule has 1 heteroatoms. The quantitative estimate of drug-likeness (QED) is 0.306. The summed E-state index contributed by atoms with van der Waals surface area (Å²) >= 11 is 1.90. The van der Waals surface area contributed by atoms with Gasteiger partial charge in [-0.3, -0.25) is 0 Å². The van der Waals surface area contributed by atoms with Crippen molar-refractivity contribution in [3.63, 3.8) is 0 Å². The van der Waals surface area contributed by atoms with Crippen molar-refractivity contribution in [3.8, 4) is 22.3 Å². The van der Waals surface area contributed by atoms with Gasteiger partial charge in [-0.05, 0) is 59.0 Å². The second kappa shape index (κ2) is 6.12. The molecule has 0 saturated heterocycles. The topological polar surface area (TPSA) is 0 Å². The highest BCUT2D eigenvalue weighted by Gasteiger charge is 2.11. The summed E-state index contributed by atoms with van der Waals surface area (Å²) in [4.78, 5) is 0. The second-order valence-corrected chi connectivity index (χ2v) is 7.77. The third kappa shape index (κ3) is 2.53. The molecule has 5 aromatic rings. The van der Waals surface area contributed by atoms with Crippen LogP contribution in [0.2, 0.25) is 0 Å². The number of aryl methyl sites for hydroxylation is 1. The Morgan fingerprint density at radius 2 is 1.15 bits per heavy atom. The Balaban J connectivity index is 1.78. The first-order valence-electron chi connectivity index (χ1n) is 8.87. The first kappa shape index (κ1) is 15.4. The first-order valence-corrected chi connectivity index (χ1v) is 9.69. The van der Waals surface area contributed by atoms with E-state index in [0.29, 0.717) is 0 Å². The highest BCUT2D eigenvalue weighted by atomic mass is 32.1. The van der Waals surface area contributed by atoms with E-state index in [9.17, 15) is 0 Å². The number of fused-ring (bicyclic) bond motifs is 3. The fourth-order valence-corrected chi connectivity index (χ4v) is 4.79. The maximum absolute atomic E-state index is 2.35. The zero-order chi connectivity index (χ0) is 17.5. The van der Waals surface area contributed by atoms with Gasteiger partial charge in [0.2, 0.25) is 0 Å². The SMILES string of the molecule is Cc1cc(-c2ccccc2)cc2c1sc1ccc(-c3ccccc3)cc12. The van der Waals surface area contributed by atoms with Crippen LogP contribution >= 0.6 is 11.3 Å². The van der Waals surface area contributed by atoms with E-state index in [0.717, 1.165) is 0 Å². The fraction of sp³-hybridized carbons (Fsp3) is 0.0400. The fourth-order valence-electron chi connectivity index (χ4n) is 3.66. The molecular formula is C25H18S. The van der Waals surface area contributed by atoms with E-state index in [1.807, 2.05) is 11.3 Å². The number of hydrogen-bond acceptors (Lipinski definition) is 1. The van der Waals surface area contributed by atoms with E-state index in [4.69, 9.17) is 0 Å². The summed E-state index contributed by atoms with van der Waals surface area (Å²) < 4.78 is 2.75. The van der Waals surface area contributed by atoms with Gasteiger partial charge in [0.1, 0.15) is 0 Å². The van der Waals surface area contributed by atoms with Gasteiger partial charge in [-0.1, -0.05) is 66.7 Å². The predicted octanol–water partition coefficient (Wildman–Crippen LogP) is 7.70. The minimum absolute atomic E-state index is 1.27. The monoisotopic (exact) mass is 350 g/mol. The molecule has 0 bridgehead atoms. The van der Waals surface area contributed by atoms with E-state index in [-0.39, 0.29) is 0 Å². The molecule has 4 aromatic carbocycles. The van der Waals surface area contributed by atoms with Gasteiger partial charge in [-0.25, -0.2) is 0 Å². The van der Waals surface area contributed by atoms with Crippen LogP contribution in [-0.2, 0) is 0 Å². The van der Waals surface area contributed by atoms with Gasteiger partial charge in [0.05, 0.1) is 0 Å². The van der Waals surface area contributed by atoms with Crippen molar-refractivity contribution in [1.29, 1.82) is 0 Å². The van der Waals surface area contributed by atoms with Crippen molar-refractivity contribution in [1.82, 2.24) is 0 Å². The number of benzene rings is 4. The number of hydrogen-bond donors (Lipinski definition) is 0. The third-order valence-electron chi connectivity index (χ3n) is 4.97. The lowest BCUT2D eigenvalue weighted by molar-refractivity contribution is 1.54. The molecule has 0 unspecified atom stereocenters. The zero-order valence-corrected chi connectivity index (χ0v) is 15.4. The Labute approximate surface area is 157 Å². The Hall–Kier alpha value is -2.90. The maximum atomic E-state index is 2.35. The van der Waals surface area contributed by atoms with Crippen LogP contribution in [0.5, 0.6) is 0 Å². The van der Waals surface area contributed by atoms with Crippen molar-refractivity contribution in [3.05, 3.63) is 96.6 Å². The van der Waals surface area contributed by atoms with Crippen molar-refractivity contribution >= 4 is 31.5 Å². The lowest BCUT2D eigenvalue weighted by Gasteiger charge is -2.05. The van der Waals surface area contributed by atoms with Crippen LogP contribution in [-0.4, -0.2) is 0 Å². The van der Waals surface area contributed by atoms with E-state index in [2.05, 4.69) is 97.9 Å². The van der Waals surface area contributed by atoms with Crippen LogP contribution < -0.4 is 0 Å². The predicted molar refractivity (Wildman–Crippen MR) is 115 cm³/mol. The molecule has 0 atom stereocenters. The average Bonchev–Trinajstić information content (AvgIpc) is 3.08. The lowest BCUT2D eigenvalue weighted by Crippen LogP contribution is -1.81. The third-order valence-corrected chi connectivity index (χ3v) is 6.29. The molecule has 0 nitrogen and oxygen atoms in total. The van der Waals surface area contributed by atoms with E-state index in [1.54, 1.807) is 0 Å². The van der Waals surface area contributed by atoms with Gasteiger partial charge in [0.25, 0.3) is 0 Å². The van der Waals surface area contributed by atoms with Gasteiger partial charge in [0, 0.05) is 20.2 Å². The molecule has 0 saturated carbocycles. The molecule has 26 heavy (non-hydrogen) atoms. The summed E-state index contributed by atoms with van der Waals surface area (Å²) in [7, 11) is 0.